The fourth-order valence-electron chi connectivity index (χ4n) is 3.58. The molecule has 0 saturated heterocycles. The van der Waals surface area contributed by atoms with Crippen LogP contribution in [0.15, 0.2) is 36.5 Å². The van der Waals surface area contributed by atoms with Crippen molar-refractivity contribution in [1.82, 2.24) is 19.7 Å². The summed E-state index contributed by atoms with van der Waals surface area (Å²) in [7, 11) is 0. The van der Waals surface area contributed by atoms with Gasteiger partial charge in [-0.2, -0.15) is 5.10 Å². The van der Waals surface area contributed by atoms with E-state index in [9.17, 15) is 4.79 Å². The number of rotatable bonds is 5. The molecule has 1 unspecified atom stereocenters. The molecule has 152 valence electrons. The first-order chi connectivity index (χ1) is 14.0. The first kappa shape index (κ1) is 19.2. The van der Waals surface area contributed by atoms with E-state index >= 15 is 0 Å². The molecule has 1 amide bonds. The number of hydrogen-bond acceptors (Lipinski definition) is 5. The molecule has 3 aromatic rings. The minimum atomic E-state index is -0.213. The molecule has 0 bridgehead atoms. The van der Waals surface area contributed by atoms with Crippen molar-refractivity contribution in [3.8, 4) is 11.5 Å². The monoisotopic (exact) mass is 394 g/mol. The molecule has 0 N–H and O–H groups in total. The topological polar surface area (TPSA) is 69.5 Å². The lowest BCUT2D eigenvalue weighted by atomic mass is 10.1. The molecule has 1 aromatic carbocycles. The molecule has 7 nitrogen and oxygen atoms in total. The Hall–Kier alpha value is -3.09. The van der Waals surface area contributed by atoms with Crippen LogP contribution < -0.4 is 9.47 Å². The van der Waals surface area contributed by atoms with E-state index in [1.54, 1.807) is 11.1 Å². The van der Waals surface area contributed by atoms with Crippen molar-refractivity contribution >= 4 is 16.9 Å². The number of fused-ring (bicyclic) bond motifs is 2. The quantitative estimate of drug-likeness (QED) is 0.661. The Morgan fingerprint density at radius 3 is 2.79 bits per heavy atom. The lowest BCUT2D eigenvalue weighted by molar-refractivity contribution is 0.0474. The lowest BCUT2D eigenvalue weighted by Gasteiger charge is -2.31. The molecule has 1 aliphatic rings. The average Bonchev–Trinajstić information content (AvgIpc) is 3.13. The third-order valence-corrected chi connectivity index (χ3v) is 5.14. The number of aromatic nitrogens is 3. The van der Waals surface area contributed by atoms with Crippen LogP contribution in [-0.2, 0) is 0 Å². The minimum Gasteiger partial charge on any atom is -0.486 e. The van der Waals surface area contributed by atoms with Crippen LogP contribution in [-0.4, -0.2) is 51.4 Å². The van der Waals surface area contributed by atoms with Crippen LogP contribution in [0, 0.1) is 6.92 Å². The number of nitrogens with zero attached hydrogens (tertiary/aromatic N) is 4. The first-order valence-corrected chi connectivity index (χ1v) is 10.0. The number of carbonyl (C=O) groups excluding carboxylic acids is 1. The Morgan fingerprint density at radius 2 is 2.07 bits per heavy atom. The number of para-hydroxylation sites is 2. The van der Waals surface area contributed by atoms with Crippen LogP contribution in [0.3, 0.4) is 0 Å². The first-order valence-electron chi connectivity index (χ1n) is 10.0. The van der Waals surface area contributed by atoms with Gasteiger partial charge in [0.2, 0.25) is 0 Å². The van der Waals surface area contributed by atoms with Crippen molar-refractivity contribution in [2.75, 3.05) is 19.7 Å². The molecule has 0 fully saturated rings. The molecular formula is C22H26N4O3. The molecule has 0 spiro atoms. The molecule has 0 aliphatic carbocycles. The largest absolute Gasteiger partial charge is 0.486 e. The summed E-state index contributed by atoms with van der Waals surface area (Å²) < 4.78 is 13.7. The number of aryl methyl sites for hydroxylation is 1. The van der Waals surface area contributed by atoms with Crippen molar-refractivity contribution in [3.63, 3.8) is 0 Å². The van der Waals surface area contributed by atoms with Crippen molar-refractivity contribution in [1.29, 1.82) is 0 Å². The maximum Gasteiger partial charge on any atom is 0.255 e. The van der Waals surface area contributed by atoms with Crippen molar-refractivity contribution < 1.29 is 14.3 Å². The van der Waals surface area contributed by atoms with Crippen molar-refractivity contribution in [2.45, 2.75) is 39.8 Å². The number of pyridine rings is 1. The summed E-state index contributed by atoms with van der Waals surface area (Å²) in [5, 5.41) is 5.28. The zero-order valence-electron chi connectivity index (χ0n) is 17.3. The molecule has 2 aromatic heterocycles. The maximum absolute atomic E-state index is 13.3. The van der Waals surface area contributed by atoms with Gasteiger partial charge in [-0.15, -0.1) is 0 Å². The Labute approximate surface area is 170 Å². The Balaban J connectivity index is 1.55. The van der Waals surface area contributed by atoms with Crippen molar-refractivity contribution in [3.05, 3.63) is 47.8 Å². The average molecular weight is 394 g/mol. The SMILES string of the molecule is CCN(CC1COc2ccccc2O1)C(=O)c1cc2cnn(C(C)C)c2nc1C. The summed E-state index contributed by atoms with van der Waals surface area (Å²) in [6.07, 6.45) is 1.55. The second kappa shape index (κ2) is 7.73. The molecule has 0 radical (unpaired) electrons. The van der Waals surface area contributed by atoms with E-state index in [-0.39, 0.29) is 18.1 Å². The number of amides is 1. The van der Waals surface area contributed by atoms with Gasteiger partial charge in [0.1, 0.15) is 6.61 Å². The van der Waals surface area contributed by atoms with Crippen LogP contribution in [0.25, 0.3) is 11.0 Å². The van der Waals surface area contributed by atoms with E-state index < -0.39 is 0 Å². The predicted molar refractivity (Wildman–Crippen MR) is 111 cm³/mol. The Kier molecular flexibility index (Phi) is 5.13. The van der Waals surface area contributed by atoms with E-state index in [0.717, 1.165) is 16.8 Å². The number of hydrogen-bond donors (Lipinski definition) is 0. The number of carbonyl (C=O) groups is 1. The summed E-state index contributed by atoms with van der Waals surface area (Å²) in [5.41, 5.74) is 2.10. The molecule has 3 heterocycles. The van der Waals surface area contributed by atoms with Crippen LogP contribution in [0.5, 0.6) is 11.5 Å². The molecule has 0 saturated carbocycles. The molecule has 4 rings (SSSR count). The fourth-order valence-corrected chi connectivity index (χ4v) is 3.58. The predicted octanol–water partition coefficient (Wildman–Crippen LogP) is 3.62. The van der Waals surface area contributed by atoms with E-state index in [2.05, 4.69) is 23.9 Å². The van der Waals surface area contributed by atoms with Gasteiger partial charge in [0, 0.05) is 18.0 Å². The third-order valence-electron chi connectivity index (χ3n) is 5.14. The zero-order valence-corrected chi connectivity index (χ0v) is 17.3. The number of likely N-dealkylation sites (N-methyl/N-ethyl adjacent to an activating group) is 1. The third kappa shape index (κ3) is 3.64. The van der Waals surface area contributed by atoms with Gasteiger partial charge in [0.25, 0.3) is 5.91 Å². The lowest BCUT2D eigenvalue weighted by Crippen LogP contribution is -2.43. The molecule has 1 atom stereocenters. The van der Waals surface area contributed by atoms with E-state index in [1.807, 2.05) is 48.9 Å². The van der Waals surface area contributed by atoms with Gasteiger partial charge >= 0.3 is 0 Å². The summed E-state index contributed by atoms with van der Waals surface area (Å²) >= 11 is 0. The Bertz CT molecular complexity index is 1040. The number of ether oxygens (including phenoxy) is 2. The van der Waals surface area contributed by atoms with Crippen LogP contribution in [0.4, 0.5) is 0 Å². The van der Waals surface area contributed by atoms with Gasteiger partial charge in [0.05, 0.1) is 24.0 Å². The van der Waals surface area contributed by atoms with Gasteiger partial charge in [-0.1, -0.05) is 12.1 Å². The second-order valence-corrected chi connectivity index (χ2v) is 7.56. The molecule has 29 heavy (non-hydrogen) atoms. The van der Waals surface area contributed by atoms with E-state index in [4.69, 9.17) is 9.47 Å². The fraction of sp³-hybridized carbons (Fsp3) is 0.409. The highest BCUT2D eigenvalue weighted by Crippen LogP contribution is 2.31. The number of benzene rings is 1. The summed E-state index contributed by atoms with van der Waals surface area (Å²) in [4.78, 5) is 19.7. The molecule has 1 aliphatic heterocycles. The highest BCUT2D eigenvalue weighted by molar-refractivity contribution is 5.98. The molecule has 7 heteroatoms. The Morgan fingerprint density at radius 1 is 1.31 bits per heavy atom. The zero-order chi connectivity index (χ0) is 20.5. The summed E-state index contributed by atoms with van der Waals surface area (Å²) in [6.45, 7) is 9.40. The van der Waals surface area contributed by atoms with Gasteiger partial charge in [0.15, 0.2) is 23.3 Å². The van der Waals surface area contributed by atoms with E-state index in [0.29, 0.717) is 36.7 Å². The van der Waals surface area contributed by atoms with Gasteiger partial charge in [-0.05, 0) is 45.9 Å². The smallest absolute Gasteiger partial charge is 0.255 e. The summed E-state index contributed by atoms with van der Waals surface area (Å²) in [6, 6.07) is 9.69. The van der Waals surface area contributed by atoms with Crippen LogP contribution >= 0.6 is 0 Å². The highest BCUT2D eigenvalue weighted by atomic mass is 16.6. The molecular weight excluding hydrogens is 368 g/mol. The van der Waals surface area contributed by atoms with Gasteiger partial charge < -0.3 is 14.4 Å². The minimum absolute atomic E-state index is 0.0563. The summed E-state index contributed by atoms with van der Waals surface area (Å²) in [5.74, 6) is 1.40. The van der Waals surface area contributed by atoms with Gasteiger partial charge in [-0.3, -0.25) is 4.79 Å². The van der Waals surface area contributed by atoms with Crippen LogP contribution in [0.2, 0.25) is 0 Å². The highest BCUT2D eigenvalue weighted by Gasteiger charge is 2.26. The standard InChI is InChI=1S/C22H26N4O3/c1-5-25(12-17-13-28-19-8-6-7-9-20(19)29-17)22(27)18-10-16-11-23-26(14(2)3)21(16)24-15(18)4/h6-11,14,17H,5,12-13H2,1-4H3. The normalized spacial score (nSPS) is 15.7. The van der Waals surface area contributed by atoms with Crippen LogP contribution in [0.1, 0.15) is 42.9 Å². The van der Waals surface area contributed by atoms with E-state index in [1.165, 1.54) is 0 Å². The van der Waals surface area contributed by atoms with Gasteiger partial charge in [-0.25, -0.2) is 9.67 Å². The second-order valence-electron chi connectivity index (χ2n) is 7.56. The maximum atomic E-state index is 13.3. The van der Waals surface area contributed by atoms with Crippen molar-refractivity contribution in [2.24, 2.45) is 0 Å².